The van der Waals surface area contributed by atoms with Crippen LogP contribution in [0.4, 0.5) is 4.79 Å². The second-order valence-corrected chi connectivity index (χ2v) is 6.38. The minimum absolute atomic E-state index is 0.0696. The lowest BCUT2D eigenvalue weighted by atomic mass is 10.1. The van der Waals surface area contributed by atoms with Gasteiger partial charge in [0, 0.05) is 52.5 Å². The predicted octanol–water partition coefficient (Wildman–Crippen LogP) is 0.991. The van der Waals surface area contributed by atoms with E-state index in [2.05, 4.69) is 10.3 Å². The minimum atomic E-state index is -0.314. The van der Waals surface area contributed by atoms with Crippen molar-refractivity contribution in [2.75, 3.05) is 54.6 Å². The first kappa shape index (κ1) is 20.8. The van der Waals surface area contributed by atoms with Crippen molar-refractivity contribution >= 4 is 11.9 Å². The quantitative estimate of drug-likeness (QED) is 0.758. The van der Waals surface area contributed by atoms with Gasteiger partial charge < -0.3 is 29.3 Å². The van der Waals surface area contributed by atoms with Crippen molar-refractivity contribution in [3.63, 3.8) is 0 Å². The Balaban J connectivity index is 1.99. The van der Waals surface area contributed by atoms with Crippen molar-refractivity contribution in [2.45, 2.75) is 18.9 Å². The summed E-state index contributed by atoms with van der Waals surface area (Å²) < 4.78 is 15.6. The van der Waals surface area contributed by atoms with Crippen LogP contribution in [0.1, 0.15) is 23.2 Å². The molecule has 9 heteroatoms. The van der Waals surface area contributed by atoms with Gasteiger partial charge in [-0.2, -0.15) is 4.98 Å². The molecule has 0 aromatic carbocycles. The van der Waals surface area contributed by atoms with Crippen LogP contribution in [-0.2, 0) is 4.74 Å². The maximum Gasteiger partial charge on any atom is 0.319 e. The van der Waals surface area contributed by atoms with E-state index in [0.717, 1.165) is 12.8 Å². The SMILES string of the molecule is COc1ccc(C(=O)NCCN(C(=O)N(C)C)C2CCOCC2)c(OC)n1. The molecular weight excluding hydrogens is 352 g/mol. The molecule has 2 heterocycles. The average Bonchev–Trinajstić information content (AvgIpc) is 2.70. The van der Waals surface area contributed by atoms with E-state index in [4.69, 9.17) is 14.2 Å². The van der Waals surface area contributed by atoms with E-state index in [1.165, 1.54) is 14.2 Å². The molecule has 1 aliphatic rings. The zero-order valence-corrected chi connectivity index (χ0v) is 16.4. The fourth-order valence-corrected chi connectivity index (χ4v) is 2.94. The van der Waals surface area contributed by atoms with Crippen LogP contribution in [0.15, 0.2) is 12.1 Å². The van der Waals surface area contributed by atoms with E-state index in [9.17, 15) is 9.59 Å². The number of urea groups is 1. The first-order valence-electron chi connectivity index (χ1n) is 8.90. The molecule has 1 N–H and O–H groups in total. The Hall–Kier alpha value is -2.55. The maximum absolute atomic E-state index is 12.5. The molecule has 1 aromatic heterocycles. The summed E-state index contributed by atoms with van der Waals surface area (Å²) in [7, 11) is 6.39. The molecular formula is C18H28N4O5. The maximum atomic E-state index is 12.5. The highest BCUT2D eigenvalue weighted by Crippen LogP contribution is 2.19. The van der Waals surface area contributed by atoms with Gasteiger partial charge in [-0.25, -0.2) is 4.79 Å². The zero-order chi connectivity index (χ0) is 19.8. The van der Waals surface area contributed by atoms with Gasteiger partial charge in [-0.15, -0.1) is 0 Å². The van der Waals surface area contributed by atoms with Gasteiger partial charge in [0.2, 0.25) is 11.8 Å². The standard InChI is InChI=1S/C18H28N4O5/c1-21(2)18(24)22(13-7-11-27-12-8-13)10-9-19-16(23)14-5-6-15(25-3)20-17(14)26-4/h5-6,13H,7-12H2,1-4H3,(H,19,23). The van der Waals surface area contributed by atoms with Crippen molar-refractivity contribution in [3.8, 4) is 11.8 Å². The second-order valence-electron chi connectivity index (χ2n) is 6.38. The lowest BCUT2D eigenvalue weighted by Gasteiger charge is -2.36. The summed E-state index contributed by atoms with van der Waals surface area (Å²) >= 11 is 0. The Morgan fingerprint density at radius 2 is 1.93 bits per heavy atom. The van der Waals surface area contributed by atoms with E-state index in [1.54, 1.807) is 36.0 Å². The molecule has 9 nitrogen and oxygen atoms in total. The average molecular weight is 380 g/mol. The number of nitrogens with zero attached hydrogens (tertiary/aromatic N) is 3. The Bertz CT molecular complexity index is 647. The largest absolute Gasteiger partial charge is 0.481 e. The molecule has 27 heavy (non-hydrogen) atoms. The van der Waals surface area contributed by atoms with Gasteiger partial charge in [0.25, 0.3) is 5.91 Å². The molecule has 0 spiro atoms. The third kappa shape index (κ3) is 5.46. The summed E-state index contributed by atoms with van der Waals surface area (Å²) in [6, 6.07) is 3.24. The highest BCUT2D eigenvalue weighted by Gasteiger charge is 2.27. The van der Waals surface area contributed by atoms with E-state index in [-0.39, 0.29) is 23.9 Å². The van der Waals surface area contributed by atoms with Gasteiger partial charge in [0.1, 0.15) is 5.56 Å². The number of pyridine rings is 1. The normalized spacial score (nSPS) is 14.4. The highest BCUT2D eigenvalue weighted by atomic mass is 16.5. The molecule has 2 rings (SSSR count). The predicted molar refractivity (Wildman–Crippen MR) is 99.3 cm³/mol. The lowest BCUT2D eigenvalue weighted by molar-refractivity contribution is 0.0415. The smallest absolute Gasteiger partial charge is 0.319 e. The Labute approximate surface area is 159 Å². The van der Waals surface area contributed by atoms with Gasteiger partial charge in [-0.05, 0) is 18.9 Å². The lowest BCUT2D eigenvalue weighted by Crippen LogP contribution is -2.50. The van der Waals surface area contributed by atoms with Crippen LogP contribution >= 0.6 is 0 Å². The van der Waals surface area contributed by atoms with Crippen LogP contribution in [0.5, 0.6) is 11.8 Å². The summed E-state index contributed by atoms with van der Waals surface area (Å²) in [6.45, 7) is 2.02. The number of rotatable bonds is 7. The molecule has 0 radical (unpaired) electrons. The van der Waals surface area contributed by atoms with Gasteiger partial charge in [0.05, 0.1) is 14.2 Å². The Morgan fingerprint density at radius 3 is 2.52 bits per heavy atom. The van der Waals surface area contributed by atoms with E-state index in [0.29, 0.717) is 37.7 Å². The molecule has 1 aliphatic heterocycles. The number of carbonyl (C=O) groups is 2. The van der Waals surface area contributed by atoms with Crippen LogP contribution in [-0.4, -0.2) is 87.4 Å². The summed E-state index contributed by atoms with van der Waals surface area (Å²) in [5, 5.41) is 2.83. The number of hydrogen-bond donors (Lipinski definition) is 1. The van der Waals surface area contributed by atoms with E-state index >= 15 is 0 Å². The number of ether oxygens (including phenoxy) is 3. The number of aromatic nitrogens is 1. The van der Waals surface area contributed by atoms with Gasteiger partial charge in [-0.3, -0.25) is 4.79 Å². The Morgan fingerprint density at radius 1 is 1.22 bits per heavy atom. The first-order valence-corrected chi connectivity index (χ1v) is 8.90. The summed E-state index contributed by atoms with van der Waals surface area (Å²) in [5.41, 5.74) is 0.315. The number of amides is 3. The number of hydrogen-bond acceptors (Lipinski definition) is 6. The van der Waals surface area contributed by atoms with Gasteiger partial charge in [0.15, 0.2) is 0 Å². The summed E-state index contributed by atoms with van der Waals surface area (Å²) in [6.07, 6.45) is 1.59. The van der Waals surface area contributed by atoms with Gasteiger partial charge in [-0.1, -0.05) is 0 Å². The minimum Gasteiger partial charge on any atom is -0.481 e. The topological polar surface area (TPSA) is 93.2 Å². The molecule has 1 aromatic rings. The summed E-state index contributed by atoms with van der Waals surface area (Å²) in [5.74, 6) is 0.245. The van der Waals surface area contributed by atoms with Gasteiger partial charge >= 0.3 is 6.03 Å². The molecule has 0 aliphatic carbocycles. The van der Waals surface area contributed by atoms with Crippen molar-refractivity contribution < 1.29 is 23.8 Å². The molecule has 150 valence electrons. The second kappa shape index (κ2) is 9.96. The van der Waals surface area contributed by atoms with E-state index < -0.39 is 0 Å². The molecule has 0 bridgehead atoms. The number of methoxy groups -OCH3 is 2. The fourth-order valence-electron chi connectivity index (χ4n) is 2.94. The molecule has 1 saturated heterocycles. The van der Waals surface area contributed by atoms with Crippen molar-refractivity contribution in [3.05, 3.63) is 17.7 Å². The zero-order valence-electron chi connectivity index (χ0n) is 16.4. The van der Waals surface area contributed by atoms with Crippen molar-refractivity contribution in [1.82, 2.24) is 20.1 Å². The van der Waals surface area contributed by atoms with Crippen LogP contribution in [0, 0.1) is 0 Å². The van der Waals surface area contributed by atoms with E-state index in [1.807, 2.05) is 0 Å². The molecule has 3 amide bonds. The van der Waals surface area contributed by atoms with Crippen LogP contribution < -0.4 is 14.8 Å². The Kier molecular flexibility index (Phi) is 7.66. The fraction of sp³-hybridized carbons (Fsp3) is 0.611. The molecule has 1 fully saturated rings. The monoisotopic (exact) mass is 380 g/mol. The van der Waals surface area contributed by atoms with Crippen molar-refractivity contribution in [2.24, 2.45) is 0 Å². The van der Waals surface area contributed by atoms with Crippen LogP contribution in [0.3, 0.4) is 0 Å². The highest BCUT2D eigenvalue weighted by molar-refractivity contribution is 5.96. The number of nitrogens with one attached hydrogen (secondary N) is 1. The third-order valence-corrected chi connectivity index (χ3v) is 4.38. The molecule has 0 unspecified atom stereocenters. The van der Waals surface area contributed by atoms with Crippen molar-refractivity contribution in [1.29, 1.82) is 0 Å². The van der Waals surface area contributed by atoms with Crippen LogP contribution in [0.2, 0.25) is 0 Å². The molecule has 0 atom stereocenters. The third-order valence-electron chi connectivity index (χ3n) is 4.38. The van der Waals surface area contributed by atoms with Crippen LogP contribution in [0.25, 0.3) is 0 Å². The molecule has 0 saturated carbocycles. The summed E-state index contributed by atoms with van der Waals surface area (Å²) in [4.78, 5) is 32.4. The number of carbonyl (C=O) groups excluding carboxylic acids is 2. The first-order chi connectivity index (χ1) is 13.0.